The van der Waals surface area contributed by atoms with Crippen LogP contribution in [0.2, 0.25) is 0 Å². The average Bonchev–Trinajstić information content (AvgIpc) is 2.63. The molecule has 2 aromatic rings. The summed E-state index contributed by atoms with van der Waals surface area (Å²) in [5.74, 6) is -2.05. The molecule has 0 bridgehead atoms. The van der Waals surface area contributed by atoms with E-state index in [1.165, 1.54) is 13.8 Å². The predicted molar refractivity (Wildman–Crippen MR) is 102 cm³/mol. The number of halogens is 1. The van der Waals surface area contributed by atoms with Gasteiger partial charge in [0.25, 0.3) is 5.91 Å². The van der Waals surface area contributed by atoms with Gasteiger partial charge in [-0.3, -0.25) is 9.59 Å². The summed E-state index contributed by atoms with van der Waals surface area (Å²) in [7, 11) is -4.05. The Hall–Kier alpha value is -2.78. The van der Waals surface area contributed by atoms with Crippen molar-refractivity contribution in [3.8, 4) is 0 Å². The first kappa shape index (κ1) is 21.5. The average molecular weight is 408 g/mol. The lowest BCUT2D eigenvalue weighted by molar-refractivity contribution is -0.154. The lowest BCUT2D eigenvalue weighted by Gasteiger charge is -2.17. The summed E-state index contributed by atoms with van der Waals surface area (Å²) in [6.07, 6.45) is -1.13. The van der Waals surface area contributed by atoms with Crippen LogP contribution in [0.1, 0.15) is 19.4 Å². The second-order valence-electron chi connectivity index (χ2n) is 6.23. The molecule has 0 spiro atoms. The molecule has 7 nitrogen and oxygen atoms in total. The molecule has 0 aromatic heterocycles. The quantitative estimate of drug-likeness (QED) is 0.685. The number of hydrogen-bond acceptors (Lipinski definition) is 5. The van der Waals surface area contributed by atoms with Gasteiger partial charge in [0.1, 0.15) is 11.9 Å². The largest absolute Gasteiger partial charge is 0.451 e. The van der Waals surface area contributed by atoms with E-state index in [1.54, 1.807) is 12.1 Å². The highest BCUT2D eigenvalue weighted by Gasteiger charge is 2.26. The monoisotopic (exact) mass is 408 g/mol. The third-order valence-corrected chi connectivity index (χ3v) is 5.35. The molecule has 150 valence electrons. The molecule has 2 rings (SSSR count). The Bertz CT molecular complexity index is 943. The lowest BCUT2D eigenvalue weighted by Crippen LogP contribution is -2.42. The standard InChI is InChI=1S/C19H21FN2O5S/c1-12-4-8-16(9-5-12)21-18(23)14(3)27-19(24)13(2)22-28(25,26)17-10-6-15(20)7-11-17/h4-11,13-14,22H,1-3H3,(H,21,23)/t13-,14-/m0/s1. The maximum absolute atomic E-state index is 12.9. The smallest absolute Gasteiger partial charge is 0.324 e. The van der Waals surface area contributed by atoms with E-state index in [0.29, 0.717) is 5.69 Å². The first-order valence-electron chi connectivity index (χ1n) is 8.44. The molecule has 0 fully saturated rings. The van der Waals surface area contributed by atoms with Crippen molar-refractivity contribution < 1.29 is 27.1 Å². The van der Waals surface area contributed by atoms with E-state index in [0.717, 1.165) is 29.8 Å². The van der Waals surface area contributed by atoms with Crippen molar-refractivity contribution in [3.05, 3.63) is 59.9 Å². The molecule has 2 aromatic carbocycles. The summed E-state index contributed by atoms with van der Waals surface area (Å²) < 4.78 is 44.6. The number of hydrogen-bond donors (Lipinski definition) is 2. The molecule has 0 radical (unpaired) electrons. The fourth-order valence-electron chi connectivity index (χ4n) is 2.17. The van der Waals surface area contributed by atoms with Crippen LogP contribution < -0.4 is 10.0 Å². The molecule has 28 heavy (non-hydrogen) atoms. The highest BCUT2D eigenvalue weighted by molar-refractivity contribution is 7.89. The van der Waals surface area contributed by atoms with Gasteiger partial charge >= 0.3 is 5.97 Å². The van der Waals surface area contributed by atoms with Crippen molar-refractivity contribution in [2.24, 2.45) is 0 Å². The lowest BCUT2D eigenvalue weighted by atomic mass is 10.2. The Kier molecular flexibility index (Phi) is 6.87. The number of carbonyl (C=O) groups excluding carboxylic acids is 2. The zero-order valence-corrected chi connectivity index (χ0v) is 16.4. The Morgan fingerprint density at radius 3 is 2.14 bits per heavy atom. The Morgan fingerprint density at radius 1 is 1.00 bits per heavy atom. The van der Waals surface area contributed by atoms with E-state index in [9.17, 15) is 22.4 Å². The van der Waals surface area contributed by atoms with Crippen molar-refractivity contribution in [3.63, 3.8) is 0 Å². The Morgan fingerprint density at radius 2 is 1.57 bits per heavy atom. The molecule has 0 saturated heterocycles. The number of rotatable bonds is 7. The highest BCUT2D eigenvalue weighted by atomic mass is 32.2. The van der Waals surface area contributed by atoms with Gasteiger partial charge in [-0.1, -0.05) is 17.7 Å². The van der Waals surface area contributed by atoms with Gasteiger partial charge in [0, 0.05) is 5.69 Å². The van der Waals surface area contributed by atoms with Crippen LogP contribution in [0.5, 0.6) is 0 Å². The number of sulfonamides is 1. The second kappa shape index (κ2) is 8.94. The molecular weight excluding hydrogens is 387 g/mol. The van der Waals surface area contributed by atoms with Crippen LogP contribution in [-0.2, 0) is 24.3 Å². The van der Waals surface area contributed by atoms with Crippen molar-refractivity contribution in [1.82, 2.24) is 4.72 Å². The third-order valence-electron chi connectivity index (χ3n) is 3.79. The van der Waals surface area contributed by atoms with E-state index in [4.69, 9.17) is 4.74 Å². The molecular formula is C19H21FN2O5S. The number of amides is 1. The first-order chi connectivity index (χ1) is 13.1. The SMILES string of the molecule is Cc1ccc(NC(=O)[C@H](C)OC(=O)[C@H](C)NS(=O)(=O)c2ccc(F)cc2)cc1. The second-order valence-corrected chi connectivity index (χ2v) is 7.95. The van der Waals surface area contributed by atoms with E-state index < -0.39 is 39.9 Å². The molecule has 0 heterocycles. The van der Waals surface area contributed by atoms with Crippen molar-refractivity contribution in [1.29, 1.82) is 0 Å². The number of esters is 1. The van der Waals surface area contributed by atoms with E-state index in [-0.39, 0.29) is 4.90 Å². The fourth-order valence-corrected chi connectivity index (χ4v) is 3.37. The van der Waals surface area contributed by atoms with Gasteiger partial charge < -0.3 is 10.1 Å². The number of benzene rings is 2. The highest BCUT2D eigenvalue weighted by Crippen LogP contribution is 2.12. The van der Waals surface area contributed by atoms with E-state index in [2.05, 4.69) is 10.0 Å². The van der Waals surface area contributed by atoms with Crippen LogP contribution in [0.25, 0.3) is 0 Å². The fraction of sp³-hybridized carbons (Fsp3) is 0.263. The van der Waals surface area contributed by atoms with Crippen molar-refractivity contribution in [2.45, 2.75) is 37.8 Å². The molecule has 2 atom stereocenters. The van der Waals surface area contributed by atoms with Crippen LogP contribution in [0.4, 0.5) is 10.1 Å². The van der Waals surface area contributed by atoms with Crippen molar-refractivity contribution >= 4 is 27.6 Å². The molecule has 9 heteroatoms. The normalized spacial score (nSPS) is 13.4. The number of anilines is 1. The summed E-state index contributed by atoms with van der Waals surface area (Å²) in [5, 5.41) is 2.60. The van der Waals surface area contributed by atoms with Gasteiger partial charge in [-0.2, -0.15) is 4.72 Å². The minimum Gasteiger partial charge on any atom is -0.451 e. The Labute approximate surface area is 163 Å². The predicted octanol–water partition coefficient (Wildman–Crippen LogP) is 2.37. The summed E-state index contributed by atoms with van der Waals surface area (Å²) in [4.78, 5) is 24.1. The summed E-state index contributed by atoms with van der Waals surface area (Å²) in [6.45, 7) is 4.57. The van der Waals surface area contributed by atoms with Gasteiger partial charge in [0.2, 0.25) is 10.0 Å². The molecule has 1 amide bonds. The molecule has 0 aliphatic carbocycles. The van der Waals surface area contributed by atoms with Crippen molar-refractivity contribution in [2.75, 3.05) is 5.32 Å². The van der Waals surface area contributed by atoms with Crippen LogP contribution >= 0.6 is 0 Å². The Balaban J connectivity index is 1.94. The van der Waals surface area contributed by atoms with Gasteiger partial charge in [0.15, 0.2) is 6.10 Å². The van der Waals surface area contributed by atoms with E-state index >= 15 is 0 Å². The summed E-state index contributed by atoms with van der Waals surface area (Å²) in [6, 6.07) is 9.95. The number of aryl methyl sites for hydroxylation is 1. The number of carbonyl (C=O) groups is 2. The zero-order valence-electron chi connectivity index (χ0n) is 15.6. The molecule has 2 N–H and O–H groups in total. The van der Waals surface area contributed by atoms with Crippen LogP contribution in [-0.4, -0.2) is 32.4 Å². The van der Waals surface area contributed by atoms with Gasteiger partial charge in [-0.05, 0) is 57.2 Å². The number of ether oxygens (including phenoxy) is 1. The number of nitrogens with one attached hydrogen (secondary N) is 2. The summed E-state index contributed by atoms with van der Waals surface area (Å²) >= 11 is 0. The van der Waals surface area contributed by atoms with Gasteiger partial charge in [-0.25, -0.2) is 12.8 Å². The first-order valence-corrected chi connectivity index (χ1v) is 9.93. The van der Waals surface area contributed by atoms with Gasteiger partial charge in [0.05, 0.1) is 4.90 Å². The topological polar surface area (TPSA) is 102 Å². The van der Waals surface area contributed by atoms with E-state index in [1.807, 2.05) is 19.1 Å². The molecule has 0 aliphatic rings. The molecule has 0 unspecified atom stereocenters. The zero-order chi connectivity index (χ0) is 20.9. The van der Waals surface area contributed by atoms with Crippen LogP contribution in [0, 0.1) is 12.7 Å². The van der Waals surface area contributed by atoms with Crippen LogP contribution in [0.15, 0.2) is 53.4 Å². The maximum Gasteiger partial charge on any atom is 0.324 e. The molecule has 0 saturated carbocycles. The third kappa shape index (κ3) is 5.86. The molecule has 0 aliphatic heterocycles. The minimum absolute atomic E-state index is 0.196. The van der Waals surface area contributed by atoms with Crippen LogP contribution in [0.3, 0.4) is 0 Å². The maximum atomic E-state index is 12.9. The summed E-state index contributed by atoms with van der Waals surface area (Å²) in [5.41, 5.74) is 1.57. The minimum atomic E-state index is -4.05. The van der Waals surface area contributed by atoms with Gasteiger partial charge in [-0.15, -0.1) is 0 Å².